The summed E-state index contributed by atoms with van der Waals surface area (Å²) in [6.07, 6.45) is -4.66. The van der Waals surface area contributed by atoms with Crippen LogP contribution in [0, 0.1) is 0 Å². The largest absolute Gasteiger partial charge is 0.465 e. The van der Waals surface area contributed by atoms with E-state index in [9.17, 15) is 26.4 Å². The number of sulfonamides is 1. The first kappa shape index (κ1) is 21.2. The van der Waals surface area contributed by atoms with Crippen LogP contribution in [0.1, 0.15) is 12.5 Å². The normalized spacial score (nSPS) is 11.9. The van der Waals surface area contributed by atoms with Gasteiger partial charge in [0.05, 0.1) is 22.8 Å². The van der Waals surface area contributed by atoms with Gasteiger partial charge in [0.25, 0.3) is 10.0 Å². The number of esters is 1. The van der Waals surface area contributed by atoms with Crippen LogP contribution < -0.4 is 4.31 Å². The lowest BCUT2D eigenvalue weighted by molar-refractivity contribution is -0.141. The van der Waals surface area contributed by atoms with Crippen LogP contribution in [0.2, 0.25) is 0 Å². The Labute approximate surface area is 162 Å². The Morgan fingerprint density at radius 1 is 1.15 bits per heavy atom. The molecule has 146 valence electrons. The number of ether oxygens (including phenoxy) is 1. The van der Waals surface area contributed by atoms with Crippen LogP contribution in [0.15, 0.2) is 57.9 Å². The lowest BCUT2D eigenvalue weighted by Crippen LogP contribution is -2.36. The number of hydrogen-bond acceptors (Lipinski definition) is 4. The van der Waals surface area contributed by atoms with Crippen LogP contribution >= 0.6 is 15.9 Å². The Morgan fingerprint density at radius 3 is 2.33 bits per heavy atom. The van der Waals surface area contributed by atoms with E-state index in [0.29, 0.717) is 14.8 Å². The summed E-state index contributed by atoms with van der Waals surface area (Å²) in [6, 6.07) is 9.27. The zero-order valence-electron chi connectivity index (χ0n) is 14.0. The monoisotopic (exact) mass is 465 g/mol. The standard InChI is InChI=1S/C17H15BrF3NO4S/c1-2-26-16(23)11-22(14-5-3-4-12(10-14)17(19,20)21)27(24,25)15-8-6-13(18)7-9-15/h3-10H,2,11H2,1H3. The van der Waals surface area contributed by atoms with E-state index < -0.39 is 34.3 Å². The van der Waals surface area contributed by atoms with Crippen LogP contribution in [0.4, 0.5) is 18.9 Å². The summed E-state index contributed by atoms with van der Waals surface area (Å²) < 4.78 is 71.0. The Bertz CT molecular complexity index is 915. The molecule has 0 N–H and O–H groups in total. The van der Waals surface area contributed by atoms with Crippen molar-refractivity contribution in [3.05, 3.63) is 58.6 Å². The molecule has 0 fully saturated rings. The van der Waals surface area contributed by atoms with Gasteiger partial charge < -0.3 is 4.74 Å². The number of halogens is 4. The maximum Gasteiger partial charge on any atom is 0.416 e. The predicted octanol–water partition coefficient (Wildman–Crippen LogP) is 4.23. The van der Waals surface area contributed by atoms with E-state index in [0.717, 1.165) is 12.1 Å². The van der Waals surface area contributed by atoms with Crippen molar-refractivity contribution in [3.63, 3.8) is 0 Å². The molecule has 0 unspecified atom stereocenters. The fourth-order valence-electron chi connectivity index (χ4n) is 2.21. The van der Waals surface area contributed by atoms with Gasteiger partial charge in [-0.05, 0) is 49.4 Å². The molecule has 0 radical (unpaired) electrons. The van der Waals surface area contributed by atoms with E-state index in [-0.39, 0.29) is 17.2 Å². The van der Waals surface area contributed by atoms with Crippen LogP contribution in [0.3, 0.4) is 0 Å². The number of carbonyl (C=O) groups is 1. The zero-order chi connectivity index (χ0) is 20.2. The second-order valence-electron chi connectivity index (χ2n) is 5.32. The van der Waals surface area contributed by atoms with Gasteiger partial charge in [0.2, 0.25) is 0 Å². The minimum atomic E-state index is -4.66. The molecule has 0 amide bonds. The quantitative estimate of drug-likeness (QED) is 0.598. The van der Waals surface area contributed by atoms with Crippen molar-refractivity contribution in [3.8, 4) is 0 Å². The molecule has 0 bridgehead atoms. The maximum atomic E-state index is 13.0. The first-order chi connectivity index (χ1) is 12.6. The summed E-state index contributed by atoms with van der Waals surface area (Å²) in [6.45, 7) is 0.789. The zero-order valence-corrected chi connectivity index (χ0v) is 16.4. The van der Waals surface area contributed by atoms with E-state index in [1.54, 1.807) is 0 Å². The third-order valence-electron chi connectivity index (χ3n) is 3.44. The molecule has 0 saturated heterocycles. The smallest absolute Gasteiger partial charge is 0.416 e. The summed E-state index contributed by atoms with van der Waals surface area (Å²) in [4.78, 5) is 11.7. The molecule has 0 aliphatic heterocycles. The summed E-state index contributed by atoms with van der Waals surface area (Å²) >= 11 is 3.18. The van der Waals surface area contributed by atoms with Crippen LogP contribution in [-0.2, 0) is 25.7 Å². The highest BCUT2D eigenvalue weighted by Crippen LogP contribution is 2.33. The van der Waals surface area contributed by atoms with E-state index >= 15 is 0 Å². The van der Waals surface area contributed by atoms with Gasteiger partial charge in [-0.3, -0.25) is 9.10 Å². The lowest BCUT2D eigenvalue weighted by atomic mass is 10.2. The molecule has 0 spiro atoms. The Morgan fingerprint density at radius 2 is 1.78 bits per heavy atom. The molecule has 0 saturated carbocycles. The highest BCUT2D eigenvalue weighted by molar-refractivity contribution is 9.10. The highest BCUT2D eigenvalue weighted by Gasteiger charge is 2.33. The van der Waals surface area contributed by atoms with Crippen LogP contribution in [0.5, 0.6) is 0 Å². The predicted molar refractivity (Wildman–Crippen MR) is 96.8 cm³/mol. The SMILES string of the molecule is CCOC(=O)CN(c1cccc(C(F)(F)F)c1)S(=O)(=O)c1ccc(Br)cc1. The summed E-state index contributed by atoms with van der Waals surface area (Å²) in [7, 11) is -4.30. The number of alkyl halides is 3. The minimum Gasteiger partial charge on any atom is -0.465 e. The topological polar surface area (TPSA) is 63.7 Å². The van der Waals surface area contributed by atoms with Crippen molar-refractivity contribution >= 4 is 37.6 Å². The van der Waals surface area contributed by atoms with E-state index in [2.05, 4.69) is 15.9 Å². The van der Waals surface area contributed by atoms with Gasteiger partial charge in [-0.2, -0.15) is 13.2 Å². The van der Waals surface area contributed by atoms with Gasteiger partial charge >= 0.3 is 12.1 Å². The molecule has 0 heterocycles. The molecular formula is C17H15BrF3NO4S. The molecule has 0 atom stereocenters. The molecule has 5 nitrogen and oxygen atoms in total. The number of rotatable bonds is 6. The van der Waals surface area contributed by atoms with Gasteiger partial charge in [-0.15, -0.1) is 0 Å². The molecule has 0 aliphatic rings. The average molecular weight is 466 g/mol. The molecule has 10 heteroatoms. The summed E-state index contributed by atoms with van der Waals surface area (Å²) in [5, 5.41) is 0. The molecule has 2 aromatic rings. The number of nitrogens with zero attached hydrogens (tertiary/aromatic N) is 1. The highest BCUT2D eigenvalue weighted by atomic mass is 79.9. The molecule has 2 rings (SSSR count). The van der Waals surface area contributed by atoms with Crippen molar-refractivity contribution < 1.29 is 31.1 Å². The van der Waals surface area contributed by atoms with E-state index in [1.807, 2.05) is 0 Å². The molecular weight excluding hydrogens is 451 g/mol. The Kier molecular flexibility index (Phi) is 6.53. The first-order valence-corrected chi connectivity index (χ1v) is 9.90. The third kappa shape index (κ3) is 5.23. The fourth-order valence-corrected chi connectivity index (χ4v) is 3.88. The minimum absolute atomic E-state index is 0.00754. The first-order valence-electron chi connectivity index (χ1n) is 7.67. The average Bonchev–Trinajstić information content (AvgIpc) is 2.59. The van der Waals surface area contributed by atoms with Gasteiger partial charge in [0.1, 0.15) is 6.54 Å². The van der Waals surface area contributed by atoms with Crippen molar-refractivity contribution in [2.75, 3.05) is 17.5 Å². The molecule has 0 aliphatic carbocycles. The lowest BCUT2D eigenvalue weighted by Gasteiger charge is -2.24. The Hall–Kier alpha value is -2.07. The third-order valence-corrected chi connectivity index (χ3v) is 5.76. The number of anilines is 1. The van der Waals surface area contributed by atoms with Crippen molar-refractivity contribution in [1.82, 2.24) is 0 Å². The van der Waals surface area contributed by atoms with Gasteiger partial charge in [-0.25, -0.2) is 8.42 Å². The number of benzene rings is 2. The van der Waals surface area contributed by atoms with Crippen LogP contribution in [0.25, 0.3) is 0 Å². The maximum absolute atomic E-state index is 13.0. The second kappa shape index (κ2) is 8.30. The van der Waals surface area contributed by atoms with Crippen molar-refractivity contribution in [2.45, 2.75) is 18.0 Å². The molecule has 0 aromatic heterocycles. The molecule has 27 heavy (non-hydrogen) atoms. The van der Waals surface area contributed by atoms with E-state index in [1.165, 1.54) is 37.3 Å². The van der Waals surface area contributed by atoms with Crippen LogP contribution in [-0.4, -0.2) is 27.5 Å². The van der Waals surface area contributed by atoms with E-state index in [4.69, 9.17) is 4.74 Å². The van der Waals surface area contributed by atoms with Crippen molar-refractivity contribution in [2.24, 2.45) is 0 Å². The van der Waals surface area contributed by atoms with Gasteiger partial charge in [0.15, 0.2) is 0 Å². The van der Waals surface area contributed by atoms with Crippen molar-refractivity contribution in [1.29, 1.82) is 0 Å². The number of carbonyl (C=O) groups excluding carboxylic acids is 1. The van der Waals surface area contributed by atoms with Gasteiger partial charge in [-0.1, -0.05) is 22.0 Å². The summed E-state index contributed by atoms with van der Waals surface area (Å²) in [5.74, 6) is -0.879. The fraction of sp³-hybridized carbons (Fsp3) is 0.235. The molecule has 2 aromatic carbocycles. The Balaban J connectivity index is 2.55. The second-order valence-corrected chi connectivity index (χ2v) is 8.10. The van der Waals surface area contributed by atoms with Gasteiger partial charge in [0, 0.05) is 4.47 Å². The summed E-state index contributed by atoms with van der Waals surface area (Å²) in [5.41, 5.74) is -1.32. The number of hydrogen-bond donors (Lipinski definition) is 0.